The molecule has 5 nitrogen and oxygen atoms in total. The van der Waals surface area contributed by atoms with Crippen LogP contribution in [0.4, 0.5) is 0 Å². The molecule has 0 radical (unpaired) electrons. The van der Waals surface area contributed by atoms with Gasteiger partial charge in [0, 0.05) is 20.0 Å². The maximum atomic E-state index is 11.8. The van der Waals surface area contributed by atoms with E-state index in [0.29, 0.717) is 19.0 Å². The van der Waals surface area contributed by atoms with Crippen LogP contribution in [0.15, 0.2) is 0 Å². The van der Waals surface area contributed by atoms with Crippen molar-refractivity contribution < 1.29 is 9.59 Å². The third kappa shape index (κ3) is 4.29. The van der Waals surface area contributed by atoms with Gasteiger partial charge >= 0.3 is 0 Å². The van der Waals surface area contributed by atoms with E-state index >= 15 is 0 Å². The second-order valence-electron chi connectivity index (χ2n) is 5.38. The largest absolute Gasteiger partial charge is 0.350 e. The minimum atomic E-state index is 0.0384. The lowest BCUT2D eigenvalue weighted by Gasteiger charge is -2.20. The summed E-state index contributed by atoms with van der Waals surface area (Å²) in [5.74, 6) is 0.530. The van der Waals surface area contributed by atoms with E-state index in [2.05, 4.69) is 12.2 Å². The van der Waals surface area contributed by atoms with E-state index in [4.69, 9.17) is 0 Å². The molecule has 0 aliphatic carbocycles. The summed E-state index contributed by atoms with van der Waals surface area (Å²) >= 11 is 0. The van der Waals surface area contributed by atoms with Crippen molar-refractivity contribution in [1.29, 1.82) is 0 Å². The van der Waals surface area contributed by atoms with Gasteiger partial charge in [0.25, 0.3) is 0 Å². The molecule has 2 amide bonds. The van der Waals surface area contributed by atoms with Crippen molar-refractivity contribution in [3.05, 3.63) is 0 Å². The number of likely N-dealkylation sites (N-methyl/N-ethyl adjacent to an activating group) is 1. The van der Waals surface area contributed by atoms with Gasteiger partial charge in [-0.2, -0.15) is 0 Å². The Morgan fingerprint density at radius 3 is 2.50 bits per heavy atom. The van der Waals surface area contributed by atoms with Gasteiger partial charge in [-0.3, -0.25) is 9.59 Å². The summed E-state index contributed by atoms with van der Waals surface area (Å²) in [6, 6.07) is 0.112. The average molecular weight is 255 g/mol. The minimum Gasteiger partial charge on any atom is -0.350 e. The average Bonchev–Trinajstić information content (AvgIpc) is 2.61. The molecule has 1 N–H and O–H groups in total. The van der Waals surface area contributed by atoms with E-state index in [0.717, 1.165) is 19.4 Å². The summed E-state index contributed by atoms with van der Waals surface area (Å²) in [5.41, 5.74) is 0. The Balaban J connectivity index is 2.55. The summed E-state index contributed by atoms with van der Waals surface area (Å²) < 4.78 is 0. The number of hydrogen-bond donors (Lipinski definition) is 1. The fraction of sp³-hybridized carbons (Fsp3) is 0.846. The molecule has 1 rings (SSSR count). The minimum absolute atomic E-state index is 0.0384. The molecule has 0 saturated carbocycles. The van der Waals surface area contributed by atoms with Crippen LogP contribution in [0.3, 0.4) is 0 Å². The monoisotopic (exact) mass is 255 g/mol. The molecule has 1 aliphatic heterocycles. The molecule has 0 spiro atoms. The van der Waals surface area contributed by atoms with E-state index in [1.165, 1.54) is 0 Å². The van der Waals surface area contributed by atoms with Crippen molar-refractivity contribution in [1.82, 2.24) is 15.1 Å². The Bertz CT molecular complexity index is 305. The number of carbonyl (C=O) groups excluding carboxylic acids is 2. The third-order valence-corrected chi connectivity index (χ3v) is 3.35. The van der Waals surface area contributed by atoms with Crippen LogP contribution < -0.4 is 5.32 Å². The summed E-state index contributed by atoms with van der Waals surface area (Å²) in [6.45, 7) is 5.55. The molecular formula is C13H25N3O2. The predicted octanol–water partition coefficient (Wildman–Crippen LogP) is 0.311. The highest BCUT2D eigenvalue weighted by Crippen LogP contribution is 2.21. The molecule has 0 unspecified atom stereocenters. The van der Waals surface area contributed by atoms with Crippen LogP contribution in [0.25, 0.3) is 0 Å². The van der Waals surface area contributed by atoms with Gasteiger partial charge in [0.1, 0.15) is 0 Å². The lowest BCUT2D eigenvalue weighted by Crippen LogP contribution is -2.44. The lowest BCUT2D eigenvalue weighted by molar-refractivity contribution is -0.128. The molecule has 1 heterocycles. The van der Waals surface area contributed by atoms with Crippen LogP contribution >= 0.6 is 0 Å². The number of carbonyl (C=O) groups is 2. The van der Waals surface area contributed by atoms with Gasteiger partial charge < -0.3 is 15.1 Å². The maximum Gasteiger partial charge on any atom is 0.234 e. The first-order valence-electron chi connectivity index (χ1n) is 6.63. The Labute approximate surface area is 110 Å². The summed E-state index contributed by atoms with van der Waals surface area (Å²) in [7, 11) is 3.75. The van der Waals surface area contributed by atoms with E-state index in [-0.39, 0.29) is 17.9 Å². The smallest absolute Gasteiger partial charge is 0.234 e. The second kappa shape index (κ2) is 6.73. The van der Waals surface area contributed by atoms with E-state index in [1.54, 1.807) is 6.92 Å². The van der Waals surface area contributed by atoms with Crippen molar-refractivity contribution in [2.24, 2.45) is 5.92 Å². The molecule has 0 aromatic carbocycles. The molecule has 0 bridgehead atoms. The number of amides is 2. The quantitative estimate of drug-likeness (QED) is 0.769. The van der Waals surface area contributed by atoms with Gasteiger partial charge in [-0.05, 0) is 26.4 Å². The zero-order chi connectivity index (χ0) is 13.7. The summed E-state index contributed by atoms with van der Waals surface area (Å²) in [4.78, 5) is 26.9. The van der Waals surface area contributed by atoms with Gasteiger partial charge in [0.05, 0.1) is 12.6 Å². The second-order valence-corrected chi connectivity index (χ2v) is 5.38. The van der Waals surface area contributed by atoms with Crippen molar-refractivity contribution in [2.45, 2.75) is 32.7 Å². The van der Waals surface area contributed by atoms with Crippen LogP contribution in [0.5, 0.6) is 0 Å². The van der Waals surface area contributed by atoms with Gasteiger partial charge in [-0.15, -0.1) is 0 Å². The number of rotatable bonds is 5. The zero-order valence-corrected chi connectivity index (χ0v) is 11.9. The SMILES string of the molecule is CCC[C@@H]1CN(C(C)=O)C[C@H]1NC(=O)CN(C)C. The van der Waals surface area contributed by atoms with E-state index in [9.17, 15) is 9.59 Å². The Morgan fingerprint density at radius 1 is 1.33 bits per heavy atom. The van der Waals surface area contributed by atoms with Crippen molar-refractivity contribution in [3.8, 4) is 0 Å². The lowest BCUT2D eigenvalue weighted by atomic mass is 9.98. The first-order valence-corrected chi connectivity index (χ1v) is 6.63. The fourth-order valence-electron chi connectivity index (χ4n) is 2.49. The molecule has 0 aromatic heterocycles. The van der Waals surface area contributed by atoms with E-state index < -0.39 is 0 Å². The summed E-state index contributed by atoms with van der Waals surface area (Å²) in [6.07, 6.45) is 2.13. The van der Waals surface area contributed by atoms with Gasteiger partial charge in [0.2, 0.25) is 11.8 Å². The molecule has 18 heavy (non-hydrogen) atoms. The van der Waals surface area contributed by atoms with Crippen LogP contribution in [0.2, 0.25) is 0 Å². The maximum absolute atomic E-state index is 11.8. The Morgan fingerprint density at radius 2 is 2.00 bits per heavy atom. The van der Waals surface area contributed by atoms with Gasteiger partial charge in [-0.1, -0.05) is 13.3 Å². The fourth-order valence-corrected chi connectivity index (χ4v) is 2.49. The highest BCUT2D eigenvalue weighted by molar-refractivity contribution is 5.79. The molecule has 0 aromatic rings. The van der Waals surface area contributed by atoms with Crippen LogP contribution in [-0.4, -0.2) is 61.4 Å². The van der Waals surface area contributed by atoms with Crippen molar-refractivity contribution >= 4 is 11.8 Å². The number of likely N-dealkylation sites (tertiary alicyclic amines) is 1. The summed E-state index contributed by atoms with van der Waals surface area (Å²) in [5, 5.41) is 3.06. The Hall–Kier alpha value is -1.10. The van der Waals surface area contributed by atoms with Crippen molar-refractivity contribution in [3.63, 3.8) is 0 Å². The number of hydrogen-bond acceptors (Lipinski definition) is 3. The molecule has 1 aliphatic rings. The number of nitrogens with one attached hydrogen (secondary N) is 1. The topological polar surface area (TPSA) is 52.7 Å². The molecule has 1 fully saturated rings. The van der Waals surface area contributed by atoms with E-state index in [1.807, 2.05) is 23.9 Å². The predicted molar refractivity (Wildman–Crippen MR) is 71.1 cm³/mol. The molecule has 104 valence electrons. The molecule has 1 saturated heterocycles. The first kappa shape index (κ1) is 15.0. The third-order valence-electron chi connectivity index (χ3n) is 3.35. The van der Waals surface area contributed by atoms with Gasteiger partial charge in [0.15, 0.2) is 0 Å². The van der Waals surface area contributed by atoms with Crippen molar-refractivity contribution in [2.75, 3.05) is 33.7 Å². The van der Waals surface area contributed by atoms with Crippen LogP contribution in [0, 0.1) is 5.92 Å². The molecular weight excluding hydrogens is 230 g/mol. The molecule has 5 heteroatoms. The Kier molecular flexibility index (Phi) is 5.59. The normalized spacial score (nSPS) is 23.5. The number of nitrogens with zero attached hydrogens (tertiary/aromatic N) is 2. The van der Waals surface area contributed by atoms with Crippen LogP contribution in [-0.2, 0) is 9.59 Å². The first-order chi connectivity index (χ1) is 8.43. The zero-order valence-electron chi connectivity index (χ0n) is 11.9. The van der Waals surface area contributed by atoms with Crippen LogP contribution in [0.1, 0.15) is 26.7 Å². The molecule has 2 atom stereocenters. The highest BCUT2D eigenvalue weighted by Gasteiger charge is 2.34. The standard InChI is InChI=1S/C13H25N3O2/c1-5-6-11-7-16(10(2)17)8-12(11)14-13(18)9-15(3)4/h11-12H,5-9H2,1-4H3,(H,14,18)/t11-,12-/m1/s1. The highest BCUT2D eigenvalue weighted by atomic mass is 16.2. The van der Waals surface area contributed by atoms with Gasteiger partial charge in [-0.25, -0.2) is 0 Å².